The van der Waals surface area contributed by atoms with Crippen LogP contribution in [0, 0.1) is 28.6 Å². The Hall–Kier alpha value is -0.530. The lowest BCUT2D eigenvalue weighted by atomic mass is 9.43. The van der Waals surface area contributed by atoms with Crippen molar-refractivity contribution in [2.24, 2.45) is 28.6 Å². The lowest BCUT2D eigenvalue weighted by Gasteiger charge is -2.62. The van der Waals surface area contributed by atoms with Gasteiger partial charge in [-0.25, -0.2) is 0 Å². The fourth-order valence-electron chi connectivity index (χ4n) is 5.51. The fraction of sp³-hybridized carbons (Fsp3) is 0.933. The quantitative estimate of drug-likeness (QED) is 0.811. The third-order valence-corrected chi connectivity index (χ3v) is 6.07. The van der Waals surface area contributed by atoms with Gasteiger partial charge in [0.1, 0.15) is 0 Å². The molecule has 0 aromatic heterocycles. The van der Waals surface area contributed by atoms with Crippen molar-refractivity contribution in [2.45, 2.75) is 58.8 Å². The molecule has 0 radical (unpaired) electrons. The topological polar surface area (TPSA) is 37.3 Å². The van der Waals surface area contributed by atoms with E-state index in [0.29, 0.717) is 11.8 Å². The molecule has 4 bridgehead atoms. The number of carboxylic acids is 1. The third-order valence-electron chi connectivity index (χ3n) is 6.07. The Kier molecular flexibility index (Phi) is 2.37. The minimum atomic E-state index is -0.620. The largest absolute Gasteiger partial charge is 0.481 e. The van der Waals surface area contributed by atoms with Gasteiger partial charge in [-0.15, -0.1) is 0 Å². The van der Waals surface area contributed by atoms with Crippen LogP contribution in [0.3, 0.4) is 0 Å². The number of hydrogen-bond acceptors (Lipinski definition) is 1. The summed E-state index contributed by atoms with van der Waals surface area (Å²) in [6, 6.07) is 0. The fourth-order valence-corrected chi connectivity index (χ4v) is 5.51. The van der Waals surface area contributed by atoms with E-state index in [2.05, 4.69) is 13.8 Å². The standard InChI is InChI=1S/C15H24O2/c1-14(2,9-13(16)17)15-6-10-3-11(7-15)5-12(4-10)8-15/h10-12H,3-9H2,1-2H3,(H,16,17). The van der Waals surface area contributed by atoms with Crippen LogP contribution in [-0.4, -0.2) is 11.1 Å². The molecule has 0 aliphatic heterocycles. The Labute approximate surface area is 104 Å². The Balaban J connectivity index is 1.88. The zero-order valence-electron chi connectivity index (χ0n) is 11.0. The summed E-state index contributed by atoms with van der Waals surface area (Å²) in [6.07, 6.45) is 8.56. The summed E-state index contributed by atoms with van der Waals surface area (Å²) in [6.45, 7) is 4.41. The van der Waals surface area contributed by atoms with Crippen LogP contribution in [0.2, 0.25) is 0 Å². The van der Waals surface area contributed by atoms with Gasteiger partial charge in [0, 0.05) is 0 Å². The molecular weight excluding hydrogens is 212 g/mol. The highest BCUT2D eigenvalue weighted by atomic mass is 16.4. The Morgan fingerprint density at radius 3 is 1.88 bits per heavy atom. The van der Waals surface area contributed by atoms with E-state index >= 15 is 0 Å². The lowest BCUT2D eigenvalue weighted by molar-refractivity contribution is -0.152. The van der Waals surface area contributed by atoms with E-state index in [1.54, 1.807) is 0 Å². The van der Waals surface area contributed by atoms with Crippen LogP contribution in [0.25, 0.3) is 0 Å². The van der Waals surface area contributed by atoms with Crippen LogP contribution in [-0.2, 0) is 4.79 Å². The number of rotatable bonds is 3. The van der Waals surface area contributed by atoms with Crippen LogP contribution >= 0.6 is 0 Å². The lowest BCUT2D eigenvalue weighted by Crippen LogP contribution is -2.53. The first-order valence-electron chi connectivity index (χ1n) is 7.12. The summed E-state index contributed by atoms with van der Waals surface area (Å²) in [4.78, 5) is 11.1. The SMILES string of the molecule is CC(C)(CC(=O)O)C12CC3CC(CC(C3)C1)C2. The third kappa shape index (κ3) is 1.71. The van der Waals surface area contributed by atoms with Gasteiger partial charge >= 0.3 is 5.97 Å². The molecule has 0 amide bonds. The summed E-state index contributed by atoms with van der Waals surface area (Å²) < 4.78 is 0. The van der Waals surface area contributed by atoms with E-state index in [1.807, 2.05) is 0 Å². The van der Waals surface area contributed by atoms with E-state index < -0.39 is 5.97 Å². The molecule has 0 saturated heterocycles. The molecule has 0 aromatic rings. The number of aliphatic carboxylic acids is 1. The molecule has 2 heteroatoms. The highest BCUT2D eigenvalue weighted by Gasteiger charge is 2.57. The molecule has 4 aliphatic rings. The van der Waals surface area contributed by atoms with Gasteiger partial charge < -0.3 is 5.11 Å². The van der Waals surface area contributed by atoms with E-state index in [0.717, 1.165) is 17.8 Å². The monoisotopic (exact) mass is 236 g/mol. The molecule has 1 N–H and O–H groups in total. The average molecular weight is 236 g/mol. The van der Waals surface area contributed by atoms with Gasteiger partial charge in [0.05, 0.1) is 6.42 Å². The molecule has 0 spiro atoms. The molecule has 2 nitrogen and oxygen atoms in total. The van der Waals surface area contributed by atoms with E-state index in [1.165, 1.54) is 38.5 Å². The maximum absolute atomic E-state index is 11.1. The van der Waals surface area contributed by atoms with Crippen molar-refractivity contribution in [3.63, 3.8) is 0 Å². The highest BCUT2D eigenvalue weighted by molar-refractivity contribution is 5.67. The summed E-state index contributed by atoms with van der Waals surface area (Å²) in [5.41, 5.74) is 0.328. The van der Waals surface area contributed by atoms with Crippen LogP contribution < -0.4 is 0 Å². The summed E-state index contributed by atoms with van der Waals surface area (Å²) in [5.74, 6) is 2.11. The first-order valence-corrected chi connectivity index (χ1v) is 7.12. The van der Waals surface area contributed by atoms with Crippen LogP contribution in [0.1, 0.15) is 58.8 Å². The number of hydrogen-bond donors (Lipinski definition) is 1. The van der Waals surface area contributed by atoms with Crippen molar-refractivity contribution in [3.8, 4) is 0 Å². The zero-order chi connectivity index (χ0) is 12.3. The number of carbonyl (C=O) groups is 1. The second-order valence-corrected chi connectivity index (χ2v) is 7.65. The minimum Gasteiger partial charge on any atom is -0.481 e. The molecule has 96 valence electrons. The number of carboxylic acid groups (broad SMARTS) is 1. The second kappa shape index (κ2) is 3.49. The molecule has 17 heavy (non-hydrogen) atoms. The van der Waals surface area contributed by atoms with E-state index in [4.69, 9.17) is 5.11 Å². The molecular formula is C15H24O2. The first kappa shape index (κ1) is 11.6. The van der Waals surface area contributed by atoms with Gasteiger partial charge in [0.15, 0.2) is 0 Å². The second-order valence-electron chi connectivity index (χ2n) is 7.65. The van der Waals surface area contributed by atoms with Gasteiger partial charge in [-0.05, 0) is 67.1 Å². The average Bonchev–Trinajstić information content (AvgIpc) is 2.12. The molecule has 0 aromatic carbocycles. The van der Waals surface area contributed by atoms with Crippen molar-refractivity contribution in [3.05, 3.63) is 0 Å². The van der Waals surface area contributed by atoms with Crippen molar-refractivity contribution < 1.29 is 9.90 Å². The maximum Gasteiger partial charge on any atom is 0.303 e. The maximum atomic E-state index is 11.1. The van der Waals surface area contributed by atoms with Gasteiger partial charge in [0.25, 0.3) is 0 Å². The van der Waals surface area contributed by atoms with E-state index in [-0.39, 0.29) is 5.41 Å². The minimum absolute atomic E-state index is 0.0190. The Morgan fingerprint density at radius 1 is 1.12 bits per heavy atom. The molecule has 0 atom stereocenters. The first-order chi connectivity index (χ1) is 7.90. The molecule has 4 aliphatic carbocycles. The van der Waals surface area contributed by atoms with Crippen LogP contribution in [0.4, 0.5) is 0 Å². The molecule has 4 rings (SSSR count). The molecule has 0 heterocycles. The predicted molar refractivity (Wildman–Crippen MR) is 66.6 cm³/mol. The van der Waals surface area contributed by atoms with Gasteiger partial charge in [-0.1, -0.05) is 13.8 Å². The van der Waals surface area contributed by atoms with Crippen molar-refractivity contribution in [1.29, 1.82) is 0 Å². The van der Waals surface area contributed by atoms with Crippen molar-refractivity contribution in [2.75, 3.05) is 0 Å². The van der Waals surface area contributed by atoms with Gasteiger partial charge in [-0.2, -0.15) is 0 Å². The zero-order valence-corrected chi connectivity index (χ0v) is 11.0. The van der Waals surface area contributed by atoms with E-state index in [9.17, 15) is 4.79 Å². The van der Waals surface area contributed by atoms with Crippen molar-refractivity contribution >= 4 is 5.97 Å². The molecule has 4 fully saturated rings. The molecule has 0 unspecified atom stereocenters. The normalized spacial score (nSPS) is 44.0. The van der Waals surface area contributed by atoms with Gasteiger partial charge in [-0.3, -0.25) is 4.79 Å². The molecule has 4 saturated carbocycles. The highest BCUT2D eigenvalue weighted by Crippen LogP contribution is 2.66. The smallest absolute Gasteiger partial charge is 0.303 e. The van der Waals surface area contributed by atoms with Crippen LogP contribution in [0.15, 0.2) is 0 Å². The Bertz CT molecular complexity index is 308. The summed E-state index contributed by atoms with van der Waals surface area (Å²) in [7, 11) is 0. The Morgan fingerprint density at radius 2 is 1.53 bits per heavy atom. The van der Waals surface area contributed by atoms with Gasteiger partial charge in [0.2, 0.25) is 0 Å². The van der Waals surface area contributed by atoms with Crippen molar-refractivity contribution in [1.82, 2.24) is 0 Å². The van der Waals surface area contributed by atoms with Crippen LogP contribution in [0.5, 0.6) is 0 Å². The predicted octanol–water partition coefficient (Wildman–Crippen LogP) is 3.70. The summed E-state index contributed by atoms with van der Waals surface area (Å²) >= 11 is 0. The summed E-state index contributed by atoms with van der Waals surface area (Å²) in [5, 5.41) is 9.15.